The summed E-state index contributed by atoms with van der Waals surface area (Å²) < 4.78 is 0.935. The molecule has 1 rings (SSSR count). The summed E-state index contributed by atoms with van der Waals surface area (Å²) in [6, 6.07) is 7.71. The first-order chi connectivity index (χ1) is 8.61. The summed E-state index contributed by atoms with van der Waals surface area (Å²) in [5, 5.41) is 14.6. The van der Waals surface area contributed by atoms with E-state index in [1.807, 2.05) is 31.2 Å². The van der Waals surface area contributed by atoms with E-state index in [0.29, 0.717) is 0 Å². The van der Waals surface area contributed by atoms with Gasteiger partial charge in [0.05, 0.1) is 6.54 Å². The molecule has 0 aliphatic rings. The van der Waals surface area contributed by atoms with Crippen LogP contribution in [0.15, 0.2) is 28.7 Å². The Kier molecular flexibility index (Phi) is 6.93. The molecule has 0 fully saturated rings. The molecule has 3 N–H and O–H groups in total. The van der Waals surface area contributed by atoms with Crippen molar-refractivity contribution < 1.29 is 9.90 Å². The Hall–Kier alpha value is -0.910. The summed E-state index contributed by atoms with van der Waals surface area (Å²) >= 11 is 3.35. The molecular weight excluding hydrogens is 296 g/mol. The summed E-state index contributed by atoms with van der Waals surface area (Å²) in [5.74, 6) is -0.0658. The fraction of sp³-hybridized carbons (Fsp3) is 0.462. The van der Waals surface area contributed by atoms with Gasteiger partial charge in [-0.1, -0.05) is 22.0 Å². The summed E-state index contributed by atoms with van der Waals surface area (Å²) in [5.41, 5.74) is 0.777. The Morgan fingerprint density at radius 1 is 1.50 bits per heavy atom. The number of aliphatic hydroxyl groups is 1. The molecular formula is C13H19BrN2O2. The first-order valence-electron chi connectivity index (χ1n) is 6.01. The third-order valence-corrected chi connectivity index (χ3v) is 3.01. The van der Waals surface area contributed by atoms with Gasteiger partial charge in [0.25, 0.3) is 0 Å². The van der Waals surface area contributed by atoms with Gasteiger partial charge in [-0.15, -0.1) is 0 Å². The van der Waals surface area contributed by atoms with Crippen LogP contribution in [0.3, 0.4) is 0 Å². The molecule has 0 bridgehead atoms. The number of amides is 1. The number of hydrogen-bond donors (Lipinski definition) is 3. The summed E-state index contributed by atoms with van der Waals surface area (Å²) in [4.78, 5) is 11.7. The smallest absolute Gasteiger partial charge is 0.238 e. The highest BCUT2D eigenvalue weighted by molar-refractivity contribution is 9.10. The summed E-state index contributed by atoms with van der Waals surface area (Å²) in [6.45, 7) is 2.47. The highest BCUT2D eigenvalue weighted by Gasteiger charge is 2.05. The average Bonchev–Trinajstić information content (AvgIpc) is 2.34. The van der Waals surface area contributed by atoms with Crippen molar-refractivity contribution >= 4 is 27.5 Å². The number of rotatable bonds is 7. The molecule has 0 aliphatic carbocycles. The van der Waals surface area contributed by atoms with E-state index in [-0.39, 0.29) is 25.1 Å². The number of carbonyl (C=O) groups is 1. The van der Waals surface area contributed by atoms with Crippen LogP contribution in [0.1, 0.15) is 19.8 Å². The number of hydrogen-bond acceptors (Lipinski definition) is 3. The van der Waals surface area contributed by atoms with Gasteiger partial charge in [-0.25, -0.2) is 0 Å². The van der Waals surface area contributed by atoms with Gasteiger partial charge in [0.15, 0.2) is 0 Å². The first-order valence-corrected chi connectivity index (χ1v) is 6.81. The van der Waals surface area contributed by atoms with Crippen LogP contribution in [0, 0.1) is 0 Å². The van der Waals surface area contributed by atoms with Crippen molar-refractivity contribution in [2.24, 2.45) is 0 Å². The molecule has 18 heavy (non-hydrogen) atoms. The second-order valence-corrected chi connectivity index (χ2v) is 5.12. The van der Waals surface area contributed by atoms with E-state index in [4.69, 9.17) is 5.11 Å². The van der Waals surface area contributed by atoms with Crippen LogP contribution < -0.4 is 10.6 Å². The quantitative estimate of drug-likeness (QED) is 0.722. The lowest BCUT2D eigenvalue weighted by molar-refractivity contribution is -0.115. The fourth-order valence-corrected chi connectivity index (χ4v) is 1.94. The highest BCUT2D eigenvalue weighted by atomic mass is 79.9. The maximum absolute atomic E-state index is 11.7. The third kappa shape index (κ3) is 6.14. The summed E-state index contributed by atoms with van der Waals surface area (Å²) in [7, 11) is 0. The Labute approximate surface area is 116 Å². The number of benzene rings is 1. The number of anilines is 1. The van der Waals surface area contributed by atoms with Crippen molar-refractivity contribution in [2.45, 2.75) is 25.8 Å². The molecule has 0 radical (unpaired) electrons. The Bertz CT molecular complexity index is 385. The Morgan fingerprint density at radius 2 is 2.28 bits per heavy atom. The SMILES string of the molecule is CC(CCCO)NCC(=O)Nc1cccc(Br)c1. The third-order valence-electron chi connectivity index (χ3n) is 2.51. The van der Waals surface area contributed by atoms with E-state index in [1.54, 1.807) is 0 Å². The van der Waals surface area contributed by atoms with Gasteiger partial charge in [0.1, 0.15) is 0 Å². The van der Waals surface area contributed by atoms with E-state index >= 15 is 0 Å². The lowest BCUT2D eigenvalue weighted by atomic mass is 10.2. The predicted molar refractivity (Wildman–Crippen MR) is 76.6 cm³/mol. The molecule has 0 spiro atoms. The Balaban J connectivity index is 2.29. The van der Waals surface area contributed by atoms with Crippen molar-refractivity contribution in [3.8, 4) is 0 Å². The van der Waals surface area contributed by atoms with Crippen LogP contribution in [0.5, 0.6) is 0 Å². The van der Waals surface area contributed by atoms with Crippen molar-refractivity contribution in [3.05, 3.63) is 28.7 Å². The molecule has 0 aliphatic heterocycles. The maximum Gasteiger partial charge on any atom is 0.238 e. The topological polar surface area (TPSA) is 61.4 Å². The van der Waals surface area contributed by atoms with Crippen LogP contribution in [0.25, 0.3) is 0 Å². The molecule has 1 amide bonds. The zero-order valence-corrected chi connectivity index (χ0v) is 12.0. The number of nitrogens with one attached hydrogen (secondary N) is 2. The van der Waals surface area contributed by atoms with Crippen LogP contribution in [0.4, 0.5) is 5.69 Å². The molecule has 0 heterocycles. The second-order valence-electron chi connectivity index (χ2n) is 4.21. The highest BCUT2D eigenvalue weighted by Crippen LogP contribution is 2.15. The summed E-state index contributed by atoms with van der Waals surface area (Å²) in [6.07, 6.45) is 1.61. The molecule has 0 saturated heterocycles. The first kappa shape index (κ1) is 15.1. The van der Waals surface area contributed by atoms with Gasteiger partial charge in [0, 0.05) is 22.8 Å². The molecule has 4 nitrogen and oxygen atoms in total. The van der Waals surface area contributed by atoms with Gasteiger partial charge in [-0.05, 0) is 38.0 Å². The standard InChI is InChI=1S/C13H19BrN2O2/c1-10(4-3-7-17)15-9-13(18)16-12-6-2-5-11(14)8-12/h2,5-6,8,10,15,17H,3-4,7,9H2,1H3,(H,16,18). The molecule has 0 aromatic heterocycles. The van der Waals surface area contributed by atoms with Crippen molar-refractivity contribution in [2.75, 3.05) is 18.5 Å². The van der Waals surface area contributed by atoms with Crippen molar-refractivity contribution in [1.29, 1.82) is 0 Å². The zero-order chi connectivity index (χ0) is 13.4. The minimum Gasteiger partial charge on any atom is -0.396 e. The van der Waals surface area contributed by atoms with Crippen LogP contribution in [-0.2, 0) is 4.79 Å². The lowest BCUT2D eigenvalue weighted by Gasteiger charge is -2.13. The van der Waals surface area contributed by atoms with Crippen molar-refractivity contribution in [3.63, 3.8) is 0 Å². The van der Waals surface area contributed by atoms with E-state index < -0.39 is 0 Å². The fourth-order valence-electron chi connectivity index (χ4n) is 1.54. The van der Waals surface area contributed by atoms with Gasteiger partial charge >= 0.3 is 0 Å². The lowest BCUT2D eigenvalue weighted by Crippen LogP contribution is -2.34. The van der Waals surface area contributed by atoms with Gasteiger partial charge in [-0.2, -0.15) is 0 Å². The van der Waals surface area contributed by atoms with Gasteiger partial charge in [-0.3, -0.25) is 4.79 Å². The molecule has 1 unspecified atom stereocenters. The largest absolute Gasteiger partial charge is 0.396 e. The van der Waals surface area contributed by atoms with Crippen molar-refractivity contribution in [1.82, 2.24) is 5.32 Å². The normalized spacial score (nSPS) is 12.2. The minimum atomic E-state index is -0.0658. The second kappa shape index (κ2) is 8.24. The Morgan fingerprint density at radius 3 is 2.94 bits per heavy atom. The molecule has 1 aromatic carbocycles. The maximum atomic E-state index is 11.7. The van der Waals surface area contributed by atoms with Gasteiger partial charge in [0.2, 0.25) is 5.91 Å². The minimum absolute atomic E-state index is 0.0658. The van der Waals surface area contributed by atoms with Crippen LogP contribution in [0.2, 0.25) is 0 Å². The zero-order valence-electron chi connectivity index (χ0n) is 10.4. The molecule has 100 valence electrons. The molecule has 0 saturated carbocycles. The van der Waals surface area contributed by atoms with E-state index in [0.717, 1.165) is 23.0 Å². The molecule has 5 heteroatoms. The average molecular weight is 315 g/mol. The number of aliphatic hydroxyl groups excluding tert-OH is 1. The number of halogens is 1. The monoisotopic (exact) mass is 314 g/mol. The molecule has 1 aromatic rings. The van der Waals surface area contributed by atoms with E-state index in [9.17, 15) is 4.79 Å². The van der Waals surface area contributed by atoms with E-state index in [2.05, 4.69) is 26.6 Å². The van der Waals surface area contributed by atoms with E-state index in [1.165, 1.54) is 0 Å². The van der Waals surface area contributed by atoms with Crippen LogP contribution >= 0.6 is 15.9 Å². The van der Waals surface area contributed by atoms with Crippen LogP contribution in [-0.4, -0.2) is 30.2 Å². The predicted octanol–water partition coefficient (Wildman–Crippen LogP) is 2.14. The number of carbonyl (C=O) groups excluding carboxylic acids is 1. The van der Waals surface area contributed by atoms with Gasteiger partial charge < -0.3 is 15.7 Å². The molecule has 1 atom stereocenters.